The molecule has 1 fully saturated rings. The molecule has 2 N–H and O–H groups in total. The van der Waals surface area contributed by atoms with Crippen LogP contribution < -0.4 is 5.32 Å². The Balaban J connectivity index is 1.77. The Labute approximate surface area is 128 Å². The number of furan rings is 1. The summed E-state index contributed by atoms with van der Waals surface area (Å²) in [6.45, 7) is 2.06. The molecule has 0 spiro atoms. The molecule has 5 nitrogen and oxygen atoms in total. The van der Waals surface area contributed by atoms with Crippen molar-refractivity contribution in [3.63, 3.8) is 0 Å². The maximum Gasteiger partial charge on any atom is 0.306 e. The first-order chi connectivity index (χ1) is 10.6. The lowest BCUT2D eigenvalue weighted by molar-refractivity contribution is -0.141. The Morgan fingerprint density at radius 2 is 2.18 bits per heavy atom. The molecule has 5 heteroatoms. The number of amides is 1. The molecule has 1 aliphatic rings. The number of benzene rings is 1. The third kappa shape index (κ3) is 2.71. The molecule has 0 radical (unpaired) electrons. The fraction of sp³-hybridized carbons (Fsp3) is 0.412. The van der Waals surface area contributed by atoms with Crippen LogP contribution in [0.4, 0.5) is 0 Å². The molecule has 1 aromatic carbocycles. The summed E-state index contributed by atoms with van der Waals surface area (Å²) in [5, 5.41) is 12.8. The van der Waals surface area contributed by atoms with Crippen molar-refractivity contribution in [2.75, 3.05) is 0 Å². The molecule has 22 heavy (non-hydrogen) atoms. The molecule has 1 amide bonds. The van der Waals surface area contributed by atoms with E-state index in [0.29, 0.717) is 30.4 Å². The van der Waals surface area contributed by atoms with Crippen molar-refractivity contribution >= 4 is 22.8 Å². The zero-order valence-electron chi connectivity index (χ0n) is 12.5. The summed E-state index contributed by atoms with van der Waals surface area (Å²) in [5.41, 5.74) is 2.36. The molecule has 3 rings (SSSR count). The van der Waals surface area contributed by atoms with Gasteiger partial charge in [-0.1, -0.05) is 13.0 Å². The van der Waals surface area contributed by atoms with Gasteiger partial charge in [0.05, 0.1) is 11.5 Å². The second-order valence-electron chi connectivity index (χ2n) is 5.85. The number of hydrogen-bond donors (Lipinski definition) is 2. The standard InChI is InChI=1S/C17H19NO4/c1-2-10-3-6-15-13(7-10)14(9-22-15)16(19)18-12-5-4-11(8-12)17(20)21/h3,6-7,9,11-12H,2,4-5,8H2,1H3,(H,18,19)(H,20,21)/t11-,12+/m0/s1. The third-order valence-electron chi connectivity index (χ3n) is 4.41. The number of rotatable bonds is 4. The fourth-order valence-corrected chi connectivity index (χ4v) is 3.07. The summed E-state index contributed by atoms with van der Waals surface area (Å²) < 4.78 is 5.44. The van der Waals surface area contributed by atoms with Crippen molar-refractivity contribution in [1.82, 2.24) is 5.32 Å². The first kappa shape index (κ1) is 14.6. The topological polar surface area (TPSA) is 79.5 Å². The first-order valence-electron chi connectivity index (χ1n) is 7.62. The number of carbonyl (C=O) groups is 2. The van der Waals surface area contributed by atoms with E-state index in [0.717, 1.165) is 17.4 Å². The summed E-state index contributed by atoms with van der Waals surface area (Å²) in [6.07, 6.45) is 4.19. The van der Waals surface area contributed by atoms with Gasteiger partial charge in [-0.15, -0.1) is 0 Å². The number of carboxylic acids is 1. The van der Waals surface area contributed by atoms with Crippen LogP contribution in [0.1, 0.15) is 42.1 Å². The van der Waals surface area contributed by atoms with Crippen molar-refractivity contribution in [3.05, 3.63) is 35.6 Å². The van der Waals surface area contributed by atoms with Gasteiger partial charge in [-0.2, -0.15) is 0 Å². The average molecular weight is 301 g/mol. The molecular weight excluding hydrogens is 282 g/mol. The number of hydrogen-bond acceptors (Lipinski definition) is 3. The maximum absolute atomic E-state index is 12.4. The molecule has 1 aromatic heterocycles. The Hall–Kier alpha value is -2.30. The van der Waals surface area contributed by atoms with Gasteiger partial charge in [0.2, 0.25) is 0 Å². The highest BCUT2D eigenvalue weighted by Gasteiger charge is 2.31. The molecule has 116 valence electrons. The van der Waals surface area contributed by atoms with Crippen LogP contribution >= 0.6 is 0 Å². The predicted octanol–water partition coefficient (Wildman–Crippen LogP) is 2.98. The normalized spacial score (nSPS) is 21.1. The zero-order valence-corrected chi connectivity index (χ0v) is 12.5. The Kier molecular flexibility index (Phi) is 3.88. The lowest BCUT2D eigenvalue weighted by atomic mass is 10.1. The number of aryl methyl sites for hydroxylation is 1. The van der Waals surface area contributed by atoms with Crippen LogP contribution in [-0.2, 0) is 11.2 Å². The lowest BCUT2D eigenvalue weighted by Gasteiger charge is -2.11. The molecule has 2 atom stereocenters. The molecule has 2 aromatic rings. The van der Waals surface area contributed by atoms with Crippen molar-refractivity contribution in [2.45, 2.75) is 38.6 Å². The van der Waals surface area contributed by atoms with Gasteiger partial charge in [0.1, 0.15) is 11.8 Å². The number of carboxylic acid groups (broad SMARTS) is 1. The van der Waals surface area contributed by atoms with Crippen LogP contribution in [0, 0.1) is 5.92 Å². The molecular formula is C17H19NO4. The second kappa shape index (κ2) is 5.83. The molecule has 1 aliphatic carbocycles. The van der Waals surface area contributed by atoms with E-state index in [1.165, 1.54) is 6.26 Å². The number of nitrogens with one attached hydrogen (secondary N) is 1. The van der Waals surface area contributed by atoms with E-state index in [2.05, 4.69) is 12.2 Å². The maximum atomic E-state index is 12.4. The van der Waals surface area contributed by atoms with E-state index in [1.807, 2.05) is 18.2 Å². The Bertz CT molecular complexity index is 719. The van der Waals surface area contributed by atoms with Crippen LogP contribution in [0.3, 0.4) is 0 Å². The minimum atomic E-state index is -0.780. The number of aliphatic carboxylic acids is 1. The van der Waals surface area contributed by atoms with Crippen LogP contribution in [0.25, 0.3) is 11.0 Å². The van der Waals surface area contributed by atoms with Crippen molar-refractivity contribution in [3.8, 4) is 0 Å². The van der Waals surface area contributed by atoms with Gasteiger partial charge in [0, 0.05) is 11.4 Å². The van der Waals surface area contributed by atoms with E-state index < -0.39 is 5.97 Å². The van der Waals surface area contributed by atoms with E-state index in [1.54, 1.807) is 0 Å². The largest absolute Gasteiger partial charge is 0.481 e. The molecule has 1 heterocycles. The van der Waals surface area contributed by atoms with Crippen molar-refractivity contribution in [2.24, 2.45) is 5.92 Å². The number of fused-ring (bicyclic) bond motifs is 1. The van der Waals surface area contributed by atoms with E-state index in [4.69, 9.17) is 9.52 Å². The Morgan fingerprint density at radius 1 is 1.36 bits per heavy atom. The quantitative estimate of drug-likeness (QED) is 0.910. The minimum absolute atomic E-state index is 0.0760. The van der Waals surface area contributed by atoms with Gasteiger partial charge in [0.25, 0.3) is 5.91 Å². The summed E-state index contributed by atoms with van der Waals surface area (Å²) in [6, 6.07) is 5.76. The van der Waals surface area contributed by atoms with Crippen molar-refractivity contribution < 1.29 is 19.1 Å². The van der Waals surface area contributed by atoms with Gasteiger partial charge in [0.15, 0.2) is 0 Å². The summed E-state index contributed by atoms with van der Waals surface area (Å²) in [7, 11) is 0. The van der Waals surface area contributed by atoms with E-state index in [-0.39, 0.29) is 17.9 Å². The van der Waals surface area contributed by atoms with Gasteiger partial charge >= 0.3 is 5.97 Å². The van der Waals surface area contributed by atoms with Crippen LogP contribution in [-0.4, -0.2) is 23.0 Å². The predicted molar refractivity (Wildman–Crippen MR) is 81.8 cm³/mol. The third-order valence-corrected chi connectivity index (χ3v) is 4.41. The Morgan fingerprint density at radius 3 is 2.86 bits per heavy atom. The highest BCUT2D eigenvalue weighted by Crippen LogP contribution is 2.27. The van der Waals surface area contributed by atoms with Crippen LogP contribution in [0.15, 0.2) is 28.9 Å². The second-order valence-corrected chi connectivity index (χ2v) is 5.85. The van der Waals surface area contributed by atoms with E-state index in [9.17, 15) is 9.59 Å². The number of carbonyl (C=O) groups excluding carboxylic acids is 1. The van der Waals surface area contributed by atoms with E-state index >= 15 is 0 Å². The van der Waals surface area contributed by atoms with Gasteiger partial charge in [-0.25, -0.2) is 0 Å². The highest BCUT2D eigenvalue weighted by atomic mass is 16.4. The minimum Gasteiger partial charge on any atom is -0.481 e. The van der Waals surface area contributed by atoms with Gasteiger partial charge in [-0.3, -0.25) is 9.59 Å². The molecule has 0 unspecified atom stereocenters. The van der Waals surface area contributed by atoms with Crippen LogP contribution in [0.5, 0.6) is 0 Å². The van der Waals surface area contributed by atoms with Gasteiger partial charge in [-0.05, 0) is 43.4 Å². The summed E-state index contributed by atoms with van der Waals surface area (Å²) in [4.78, 5) is 23.4. The lowest BCUT2D eigenvalue weighted by Crippen LogP contribution is -2.33. The van der Waals surface area contributed by atoms with Crippen LogP contribution in [0.2, 0.25) is 0 Å². The molecule has 0 aliphatic heterocycles. The monoisotopic (exact) mass is 301 g/mol. The molecule has 0 saturated heterocycles. The van der Waals surface area contributed by atoms with Gasteiger partial charge < -0.3 is 14.8 Å². The molecule has 0 bridgehead atoms. The fourth-order valence-electron chi connectivity index (χ4n) is 3.07. The summed E-state index contributed by atoms with van der Waals surface area (Å²) >= 11 is 0. The smallest absolute Gasteiger partial charge is 0.306 e. The first-order valence-corrected chi connectivity index (χ1v) is 7.62. The summed E-state index contributed by atoms with van der Waals surface area (Å²) in [5.74, 6) is -1.32. The average Bonchev–Trinajstić information content (AvgIpc) is 3.12. The highest BCUT2D eigenvalue weighted by molar-refractivity contribution is 6.06. The molecule has 1 saturated carbocycles. The zero-order chi connectivity index (χ0) is 15.7. The SMILES string of the molecule is CCc1ccc2occ(C(=O)N[C@@H]3CC[C@H](C(=O)O)C3)c2c1. The van der Waals surface area contributed by atoms with Crippen molar-refractivity contribution in [1.29, 1.82) is 0 Å².